The first kappa shape index (κ1) is 17.1. The Kier molecular flexibility index (Phi) is 8.47. The number of rotatable bonds is 9. The van der Waals surface area contributed by atoms with Crippen LogP contribution in [-0.4, -0.2) is 19.0 Å². The molecule has 0 saturated carbocycles. The van der Waals surface area contributed by atoms with E-state index in [1.165, 1.54) is 25.7 Å². The Morgan fingerprint density at radius 1 is 1.15 bits per heavy atom. The molecule has 0 saturated heterocycles. The Hall–Kier alpha value is -0.930. The Labute approximate surface area is 131 Å². The second-order valence-electron chi connectivity index (χ2n) is 4.74. The Morgan fingerprint density at radius 2 is 1.90 bits per heavy atom. The van der Waals surface area contributed by atoms with Crippen molar-refractivity contribution in [3.05, 3.63) is 28.2 Å². The molecule has 0 fully saturated rings. The highest BCUT2D eigenvalue weighted by atomic mass is 35.5. The number of carbonyl (C=O) groups excluding carboxylic acids is 1. The number of hydrogen-bond donors (Lipinski definition) is 2. The zero-order valence-corrected chi connectivity index (χ0v) is 13.4. The summed E-state index contributed by atoms with van der Waals surface area (Å²) in [6, 6.07) is 5.13. The molecule has 0 heterocycles. The van der Waals surface area contributed by atoms with Crippen LogP contribution in [0.4, 0.5) is 5.69 Å². The fourth-order valence-electron chi connectivity index (χ4n) is 1.83. The minimum absolute atomic E-state index is 0.0310. The van der Waals surface area contributed by atoms with Crippen molar-refractivity contribution in [2.24, 2.45) is 0 Å². The first-order valence-corrected chi connectivity index (χ1v) is 7.84. The standard InChI is InChI=1S/C15H22Cl2N2O/c1-2-3-4-5-6-9-18-15(20)11-19-14-10-12(16)7-8-13(14)17/h7-8,10,19H,2-6,9,11H2,1H3,(H,18,20). The van der Waals surface area contributed by atoms with E-state index in [0.29, 0.717) is 15.7 Å². The molecule has 2 N–H and O–H groups in total. The summed E-state index contributed by atoms with van der Waals surface area (Å²) in [6.45, 7) is 3.12. The van der Waals surface area contributed by atoms with Gasteiger partial charge in [0.15, 0.2) is 0 Å². The summed E-state index contributed by atoms with van der Waals surface area (Å²) in [5, 5.41) is 7.02. The quantitative estimate of drug-likeness (QED) is 0.659. The van der Waals surface area contributed by atoms with Crippen LogP contribution in [0, 0.1) is 0 Å². The maximum atomic E-state index is 11.7. The van der Waals surface area contributed by atoms with E-state index in [0.717, 1.165) is 13.0 Å². The SMILES string of the molecule is CCCCCCCNC(=O)CNc1cc(Cl)ccc1Cl. The van der Waals surface area contributed by atoms with E-state index in [9.17, 15) is 4.79 Å². The van der Waals surface area contributed by atoms with Crippen molar-refractivity contribution in [1.29, 1.82) is 0 Å². The van der Waals surface area contributed by atoms with Crippen LogP contribution >= 0.6 is 23.2 Å². The van der Waals surface area contributed by atoms with Crippen molar-refractivity contribution in [3.8, 4) is 0 Å². The number of hydrogen-bond acceptors (Lipinski definition) is 2. The van der Waals surface area contributed by atoms with Crippen LogP contribution in [0.15, 0.2) is 18.2 Å². The number of carbonyl (C=O) groups is 1. The normalized spacial score (nSPS) is 10.3. The lowest BCUT2D eigenvalue weighted by Crippen LogP contribution is -2.30. The van der Waals surface area contributed by atoms with Gasteiger partial charge in [-0.1, -0.05) is 55.8 Å². The van der Waals surface area contributed by atoms with Crippen LogP contribution in [0.3, 0.4) is 0 Å². The van der Waals surface area contributed by atoms with Crippen LogP contribution in [0.25, 0.3) is 0 Å². The van der Waals surface area contributed by atoms with E-state index >= 15 is 0 Å². The number of anilines is 1. The fraction of sp³-hybridized carbons (Fsp3) is 0.533. The molecule has 20 heavy (non-hydrogen) atoms. The average Bonchev–Trinajstić information content (AvgIpc) is 2.43. The van der Waals surface area contributed by atoms with Gasteiger partial charge in [0.1, 0.15) is 0 Å². The molecule has 3 nitrogen and oxygen atoms in total. The van der Waals surface area contributed by atoms with Crippen molar-refractivity contribution >= 4 is 34.8 Å². The first-order chi connectivity index (χ1) is 9.63. The highest BCUT2D eigenvalue weighted by Crippen LogP contribution is 2.24. The lowest BCUT2D eigenvalue weighted by atomic mass is 10.1. The number of amides is 1. The van der Waals surface area contributed by atoms with E-state index in [1.807, 2.05) is 0 Å². The molecule has 112 valence electrons. The van der Waals surface area contributed by atoms with Gasteiger partial charge in [-0.2, -0.15) is 0 Å². The maximum absolute atomic E-state index is 11.7. The highest BCUT2D eigenvalue weighted by molar-refractivity contribution is 6.35. The summed E-state index contributed by atoms with van der Waals surface area (Å²) in [4.78, 5) is 11.7. The van der Waals surface area contributed by atoms with E-state index in [4.69, 9.17) is 23.2 Å². The summed E-state index contributed by atoms with van der Waals surface area (Å²) in [5.74, 6) is -0.0310. The van der Waals surface area contributed by atoms with Gasteiger partial charge < -0.3 is 10.6 Å². The van der Waals surface area contributed by atoms with Crippen LogP contribution in [-0.2, 0) is 4.79 Å². The van der Waals surface area contributed by atoms with Gasteiger partial charge >= 0.3 is 0 Å². The molecule has 0 aliphatic rings. The number of unbranched alkanes of at least 4 members (excludes halogenated alkanes) is 4. The van der Waals surface area contributed by atoms with Gasteiger partial charge in [-0.05, 0) is 24.6 Å². The van der Waals surface area contributed by atoms with E-state index in [2.05, 4.69) is 17.6 Å². The van der Waals surface area contributed by atoms with E-state index in [-0.39, 0.29) is 12.5 Å². The first-order valence-electron chi connectivity index (χ1n) is 7.09. The zero-order chi connectivity index (χ0) is 14.8. The topological polar surface area (TPSA) is 41.1 Å². The molecule has 0 radical (unpaired) electrons. The van der Waals surface area contributed by atoms with Crippen molar-refractivity contribution in [2.45, 2.75) is 39.0 Å². The lowest BCUT2D eigenvalue weighted by Gasteiger charge is -2.09. The van der Waals surface area contributed by atoms with E-state index < -0.39 is 0 Å². The Morgan fingerprint density at radius 3 is 2.65 bits per heavy atom. The summed E-state index contributed by atoms with van der Waals surface area (Å²) >= 11 is 11.9. The fourth-order valence-corrected chi connectivity index (χ4v) is 2.18. The summed E-state index contributed by atoms with van der Waals surface area (Å²) in [6.07, 6.45) is 5.94. The van der Waals surface area contributed by atoms with Gasteiger partial charge in [0.2, 0.25) is 5.91 Å². The molecule has 0 spiro atoms. The third-order valence-electron chi connectivity index (χ3n) is 2.97. The number of benzene rings is 1. The molecule has 0 unspecified atom stereocenters. The van der Waals surface area contributed by atoms with Gasteiger partial charge in [0.25, 0.3) is 0 Å². The second-order valence-corrected chi connectivity index (χ2v) is 5.59. The van der Waals surface area contributed by atoms with Gasteiger partial charge in [-0.3, -0.25) is 4.79 Å². The predicted molar refractivity (Wildman–Crippen MR) is 86.7 cm³/mol. The van der Waals surface area contributed by atoms with Crippen molar-refractivity contribution < 1.29 is 4.79 Å². The molecule has 5 heteroatoms. The largest absolute Gasteiger partial charge is 0.375 e. The van der Waals surface area contributed by atoms with Gasteiger partial charge in [0.05, 0.1) is 17.3 Å². The Balaban J connectivity index is 2.18. The van der Waals surface area contributed by atoms with Gasteiger partial charge in [-0.25, -0.2) is 0 Å². The zero-order valence-electron chi connectivity index (χ0n) is 11.8. The highest BCUT2D eigenvalue weighted by Gasteiger charge is 2.04. The molecular formula is C15H22Cl2N2O. The van der Waals surface area contributed by atoms with E-state index in [1.54, 1.807) is 18.2 Å². The Bertz CT molecular complexity index is 424. The molecule has 0 aromatic heterocycles. The molecule has 1 rings (SSSR count). The van der Waals surface area contributed by atoms with Gasteiger partial charge in [0, 0.05) is 11.6 Å². The molecule has 1 amide bonds. The monoisotopic (exact) mass is 316 g/mol. The molecule has 1 aromatic carbocycles. The minimum atomic E-state index is -0.0310. The molecule has 0 aliphatic heterocycles. The second kappa shape index (κ2) is 9.89. The molecule has 0 aliphatic carbocycles. The van der Waals surface area contributed by atoms with Crippen LogP contribution < -0.4 is 10.6 Å². The van der Waals surface area contributed by atoms with Crippen LogP contribution in [0.1, 0.15) is 39.0 Å². The van der Waals surface area contributed by atoms with Crippen LogP contribution in [0.2, 0.25) is 10.0 Å². The molecule has 1 aromatic rings. The van der Waals surface area contributed by atoms with Crippen molar-refractivity contribution in [3.63, 3.8) is 0 Å². The number of halogens is 2. The summed E-state index contributed by atoms with van der Waals surface area (Å²) in [7, 11) is 0. The molecular weight excluding hydrogens is 295 g/mol. The smallest absolute Gasteiger partial charge is 0.239 e. The molecule has 0 bridgehead atoms. The van der Waals surface area contributed by atoms with Crippen LogP contribution in [0.5, 0.6) is 0 Å². The van der Waals surface area contributed by atoms with Crippen molar-refractivity contribution in [1.82, 2.24) is 5.32 Å². The average molecular weight is 317 g/mol. The lowest BCUT2D eigenvalue weighted by molar-refractivity contribution is -0.119. The maximum Gasteiger partial charge on any atom is 0.239 e. The molecule has 0 atom stereocenters. The number of nitrogens with one attached hydrogen (secondary N) is 2. The third kappa shape index (κ3) is 7.01. The minimum Gasteiger partial charge on any atom is -0.375 e. The predicted octanol–water partition coefficient (Wildman–Crippen LogP) is 4.49. The third-order valence-corrected chi connectivity index (χ3v) is 3.53. The summed E-state index contributed by atoms with van der Waals surface area (Å²) < 4.78 is 0. The van der Waals surface area contributed by atoms with Gasteiger partial charge in [-0.15, -0.1) is 0 Å². The van der Waals surface area contributed by atoms with Crippen molar-refractivity contribution in [2.75, 3.05) is 18.4 Å². The summed E-state index contributed by atoms with van der Waals surface area (Å²) in [5.41, 5.74) is 0.678.